The first-order valence-electron chi connectivity index (χ1n) is 11.5. The Hall–Kier alpha value is -4.16. The lowest BCUT2D eigenvalue weighted by Gasteiger charge is -2.31. The molecule has 4 aromatic heterocycles. The third kappa shape index (κ3) is 4.80. The molecule has 2 N–H and O–H groups in total. The monoisotopic (exact) mass is 522 g/mol. The Morgan fingerprint density at radius 1 is 1.14 bits per heavy atom. The first-order valence-corrected chi connectivity index (χ1v) is 11.5. The number of anilines is 3. The van der Waals surface area contributed by atoms with E-state index in [4.69, 9.17) is 9.72 Å². The van der Waals surface area contributed by atoms with Gasteiger partial charge >= 0.3 is 0 Å². The minimum atomic E-state index is -0.451. The van der Waals surface area contributed by atoms with Crippen LogP contribution in [0.15, 0.2) is 49.3 Å². The number of rotatable bonds is 5. The molecule has 0 bridgehead atoms. The summed E-state index contributed by atoms with van der Waals surface area (Å²) >= 11 is 0. The predicted octanol–water partition coefficient (Wildman–Crippen LogP) is 3.67. The fourth-order valence-electron chi connectivity index (χ4n) is 4.19. The van der Waals surface area contributed by atoms with Gasteiger partial charge in [-0.1, -0.05) is 0 Å². The summed E-state index contributed by atoms with van der Waals surface area (Å²) in [5.74, 6) is 1.47. The van der Waals surface area contributed by atoms with Crippen molar-refractivity contribution in [3.8, 4) is 11.5 Å². The van der Waals surface area contributed by atoms with Crippen molar-refractivity contribution >= 4 is 46.5 Å². The number of fused-ring (bicyclic) bond motifs is 2. The minimum Gasteiger partial charge on any atom is -0.457 e. The SMILES string of the molecule is Cc1c(Oc2ccn3ncnc3c2)ccc(Nc2ncnc3cnc(N4CCN[C@@H](C)C4)nc23)c1F.Cl. The van der Waals surface area contributed by atoms with Crippen molar-refractivity contribution < 1.29 is 9.13 Å². The van der Waals surface area contributed by atoms with Crippen molar-refractivity contribution in [2.45, 2.75) is 19.9 Å². The Labute approximate surface area is 217 Å². The van der Waals surface area contributed by atoms with Crippen LogP contribution in [0.5, 0.6) is 11.5 Å². The second kappa shape index (κ2) is 10.1. The zero-order chi connectivity index (χ0) is 24.6. The van der Waals surface area contributed by atoms with Crippen LogP contribution in [0.3, 0.4) is 0 Å². The fraction of sp³-hybridized carbons (Fsp3) is 0.250. The second-order valence-electron chi connectivity index (χ2n) is 8.63. The summed E-state index contributed by atoms with van der Waals surface area (Å²) in [4.78, 5) is 24.1. The van der Waals surface area contributed by atoms with E-state index >= 15 is 4.39 Å². The molecule has 6 rings (SSSR count). The van der Waals surface area contributed by atoms with Crippen LogP contribution < -0.4 is 20.3 Å². The van der Waals surface area contributed by atoms with E-state index in [0.29, 0.717) is 51.6 Å². The third-order valence-electron chi connectivity index (χ3n) is 6.09. The first-order chi connectivity index (χ1) is 17.5. The van der Waals surface area contributed by atoms with Crippen molar-refractivity contribution in [1.29, 1.82) is 0 Å². The van der Waals surface area contributed by atoms with Crippen LogP contribution in [-0.4, -0.2) is 60.2 Å². The molecule has 1 fully saturated rings. The topological polar surface area (TPSA) is 118 Å². The molecule has 0 unspecified atom stereocenters. The molecule has 5 aromatic rings. The molecule has 0 radical (unpaired) electrons. The number of nitrogens with zero attached hydrogens (tertiary/aromatic N) is 8. The van der Waals surface area contributed by atoms with E-state index in [2.05, 4.69) is 47.5 Å². The smallest absolute Gasteiger partial charge is 0.226 e. The van der Waals surface area contributed by atoms with Crippen LogP contribution in [0.4, 0.5) is 21.8 Å². The van der Waals surface area contributed by atoms with Gasteiger partial charge < -0.3 is 20.3 Å². The van der Waals surface area contributed by atoms with Crippen molar-refractivity contribution in [1.82, 2.24) is 39.9 Å². The van der Waals surface area contributed by atoms with Crippen molar-refractivity contribution in [2.24, 2.45) is 0 Å². The zero-order valence-electron chi connectivity index (χ0n) is 20.1. The quantitative estimate of drug-likeness (QED) is 0.354. The van der Waals surface area contributed by atoms with Crippen LogP contribution in [0, 0.1) is 12.7 Å². The maximum absolute atomic E-state index is 15.4. The summed E-state index contributed by atoms with van der Waals surface area (Å²) in [5, 5.41) is 10.6. The van der Waals surface area contributed by atoms with Gasteiger partial charge in [-0.25, -0.2) is 33.8 Å². The van der Waals surface area contributed by atoms with E-state index in [9.17, 15) is 0 Å². The summed E-state index contributed by atoms with van der Waals surface area (Å²) in [5.41, 5.74) is 2.33. The molecule has 37 heavy (non-hydrogen) atoms. The van der Waals surface area contributed by atoms with E-state index < -0.39 is 5.82 Å². The molecule has 1 atom stereocenters. The minimum absolute atomic E-state index is 0. The molecule has 1 saturated heterocycles. The van der Waals surface area contributed by atoms with Crippen molar-refractivity contribution in [3.05, 3.63) is 60.7 Å². The molecule has 1 aromatic carbocycles. The highest BCUT2D eigenvalue weighted by atomic mass is 35.5. The molecule has 11 nitrogen and oxygen atoms in total. The van der Waals surface area contributed by atoms with Gasteiger partial charge in [-0.2, -0.15) is 5.10 Å². The van der Waals surface area contributed by atoms with Crippen LogP contribution in [0.25, 0.3) is 16.7 Å². The molecule has 0 aliphatic carbocycles. The normalized spacial score (nSPS) is 15.5. The van der Waals surface area contributed by atoms with E-state index in [0.717, 1.165) is 19.6 Å². The summed E-state index contributed by atoms with van der Waals surface area (Å²) in [7, 11) is 0. The Bertz CT molecular complexity index is 1580. The van der Waals surface area contributed by atoms with Crippen molar-refractivity contribution in [3.63, 3.8) is 0 Å². The number of piperazine rings is 1. The summed E-state index contributed by atoms with van der Waals surface area (Å²) in [6.07, 6.45) is 6.27. The van der Waals surface area contributed by atoms with Gasteiger partial charge in [0, 0.05) is 43.5 Å². The van der Waals surface area contributed by atoms with Gasteiger partial charge in [0.15, 0.2) is 17.3 Å². The molecule has 0 spiro atoms. The predicted molar refractivity (Wildman–Crippen MR) is 140 cm³/mol. The van der Waals surface area contributed by atoms with Crippen LogP contribution >= 0.6 is 12.4 Å². The van der Waals surface area contributed by atoms with Gasteiger partial charge in [0.05, 0.1) is 11.9 Å². The molecular formula is C24H24ClFN10O. The van der Waals surface area contributed by atoms with Crippen LogP contribution in [0.1, 0.15) is 12.5 Å². The molecule has 1 aliphatic rings. The number of nitrogens with one attached hydrogen (secondary N) is 2. The average Bonchev–Trinajstić information content (AvgIpc) is 3.36. The highest BCUT2D eigenvalue weighted by molar-refractivity contribution is 5.87. The maximum Gasteiger partial charge on any atom is 0.226 e. The molecule has 0 saturated carbocycles. The van der Waals surface area contributed by atoms with Crippen molar-refractivity contribution in [2.75, 3.05) is 29.9 Å². The average molecular weight is 523 g/mol. The highest BCUT2D eigenvalue weighted by Gasteiger charge is 2.20. The standard InChI is InChI=1S/C24H23FN10O.ClH/c1-14-11-34(8-6-26-14)24-27-10-18-22(33-24)23(30-12-28-18)32-17-3-4-19(15(2)21(17)25)36-16-5-7-35-20(9-16)29-13-31-35;/h3-5,7,9-10,12-14,26H,6,8,11H2,1-2H3,(H,28,30,32);1H/t14-;/m0./s1. The lowest BCUT2D eigenvalue weighted by atomic mass is 10.1. The number of benzene rings is 1. The molecular weight excluding hydrogens is 499 g/mol. The number of ether oxygens (including phenoxy) is 1. The fourth-order valence-corrected chi connectivity index (χ4v) is 4.19. The van der Waals surface area contributed by atoms with Gasteiger partial charge in [0.1, 0.15) is 35.2 Å². The summed E-state index contributed by atoms with van der Waals surface area (Å²) in [6.45, 7) is 6.22. The van der Waals surface area contributed by atoms with E-state index in [1.807, 2.05) is 0 Å². The molecule has 1 aliphatic heterocycles. The molecule has 190 valence electrons. The number of pyridine rings is 1. The van der Waals surface area contributed by atoms with E-state index in [1.165, 1.54) is 12.7 Å². The lowest BCUT2D eigenvalue weighted by molar-refractivity contribution is 0.471. The van der Waals surface area contributed by atoms with Gasteiger partial charge in [-0.15, -0.1) is 12.4 Å². The Morgan fingerprint density at radius 2 is 2.03 bits per heavy atom. The Morgan fingerprint density at radius 3 is 2.89 bits per heavy atom. The van der Waals surface area contributed by atoms with Crippen LogP contribution in [0.2, 0.25) is 0 Å². The van der Waals surface area contributed by atoms with Gasteiger partial charge in [0.2, 0.25) is 5.95 Å². The molecule has 5 heterocycles. The highest BCUT2D eigenvalue weighted by Crippen LogP contribution is 2.33. The second-order valence-corrected chi connectivity index (χ2v) is 8.63. The summed E-state index contributed by atoms with van der Waals surface area (Å²) in [6, 6.07) is 7.13. The van der Waals surface area contributed by atoms with Gasteiger partial charge in [-0.3, -0.25) is 0 Å². The summed E-state index contributed by atoms with van der Waals surface area (Å²) < 4.78 is 23.0. The van der Waals surface area contributed by atoms with E-state index in [-0.39, 0.29) is 18.1 Å². The lowest BCUT2D eigenvalue weighted by Crippen LogP contribution is -2.49. The number of hydrogen-bond acceptors (Lipinski definition) is 10. The first kappa shape index (κ1) is 24.5. The van der Waals surface area contributed by atoms with Gasteiger partial charge in [0.25, 0.3) is 0 Å². The molecule has 13 heteroatoms. The van der Waals surface area contributed by atoms with Crippen LogP contribution in [-0.2, 0) is 0 Å². The zero-order valence-corrected chi connectivity index (χ0v) is 20.9. The number of halogens is 2. The third-order valence-corrected chi connectivity index (χ3v) is 6.09. The number of aromatic nitrogens is 7. The Balaban J connectivity index is 0.00000280. The largest absolute Gasteiger partial charge is 0.457 e. The van der Waals surface area contributed by atoms with Gasteiger partial charge in [-0.05, 0) is 32.0 Å². The molecule has 0 amide bonds. The number of hydrogen-bond donors (Lipinski definition) is 2. The Kier molecular flexibility index (Phi) is 6.68. The van der Waals surface area contributed by atoms with E-state index in [1.54, 1.807) is 48.1 Å². The maximum atomic E-state index is 15.4.